The first-order valence-corrected chi connectivity index (χ1v) is 7.92. The monoisotopic (exact) mass is 354 g/mol. The summed E-state index contributed by atoms with van der Waals surface area (Å²) in [4.78, 5) is 13.0. The Labute approximate surface area is 146 Å². The van der Waals surface area contributed by atoms with Crippen LogP contribution in [0.15, 0.2) is 59.5 Å². The number of halogens is 2. The molecule has 0 aliphatic rings. The van der Waals surface area contributed by atoms with Crippen molar-refractivity contribution in [1.82, 2.24) is 19.6 Å². The summed E-state index contributed by atoms with van der Waals surface area (Å²) in [5.41, 5.74) is 1.21. The highest BCUT2D eigenvalue weighted by molar-refractivity contribution is 6.30. The molecule has 0 fully saturated rings. The van der Waals surface area contributed by atoms with Crippen molar-refractivity contribution in [3.8, 4) is 11.4 Å². The molecule has 0 unspecified atom stereocenters. The Morgan fingerprint density at radius 2 is 1.88 bits per heavy atom. The average Bonchev–Trinajstić information content (AvgIpc) is 3.04. The number of aryl methyl sites for hydroxylation is 1. The van der Waals surface area contributed by atoms with Crippen LogP contribution >= 0.6 is 11.6 Å². The molecule has 0 spiro atoms. The highest BCUT2D eigenvalue weighted by Crippen LogP contribution is 2.20. The Morgan fingerprint density at radius 1 is 1.08 bits per heavy atom. The summed E-state index contributed by atoms with van der Waals surface area (Å²) >= 11 is 6.02. The van der Waals surface area contributed by atoms with Gasteiger partial charge in [-0.05, 0) is 37.3 Å². The van der Waals surface area contributed by atoms with Gasteiger partial charge in [-0.25, -0.2) is 9.07 Å². The molecule has 4 rings (SSSR count). The molecule has 5 nitrogen and oxygen atoms in total. The molecule has 4 aromatic rings. The van der Waals surface area contributed by atoms with Gasteiger partial charge >= 0.3 is 0 Å². The fraction of sp³-hybridized carbons (Fsp3) is 0.0556. The normalized spacial score (nSPS) is 11.2. The molecule has 0 saturated carbocycles. The van der Waals surface area contributed by atoms with Crippen LogP contribution in [0, 0.1) is 12.7 Å². The second kappa shape index (κ2) is 5.82. The summed E-state index contributed by atoms with van der Waals surface area (Å²) in [6, 6.07) is 13.0. The maximum absolute atomic E-state index is 14.2. The van der Waals surface area contributed by atoms with E-state index in [2.05, 4.69) is 10.2 Å². The first kappa shape index (κ1) is 15.5. The minimum atomic E-state index is -0.462. The maximum atomic E-state index is 14.2. The zero-order valence-electron chi connectivity index (χ0n) is 13.1. The lowest BCUT2D eigenvalue weighted by Crippen LogP contribution is -2.24. The number of fused-ring (bicyclic) bond motifs is 1. The van der Waals surface area contributed by atoms with Gasteiger partial charge in [-0.1, -0.05) is 29.8 Å². The second-order valence-corrected chi connectivity index (χ2v) is 5.99. The molecule has 0 bridgehead atoms. The lowest BCUT2D eigenvalue weighted by molar-refractivity contribution is 0.612. The summed E-state index contributed by atoms with van der Waals surface area (Å²) < 4.78 is 16.7. The molecule has 0 saturated heterocycles. The number of aromatic nitrogens is 4. The van der Waals surface area contributed by atoms with Crippen LogP contribution in [0.1, 0.15) is 5.69 Å². The van der Waals surface area contributed by atoms with Gasteiger partial charge in [0.2, 0.25) is 0 Å². The van der Waals surface area contributed by atoms with E-state index < -0.39 is 11.4 Å². The van der Waals surface area contributed by atoms with Crippen molar-refractivity contribution in [3.05, 3.63) is 81.6 Å². The summed E-state index contributed by atoms with van der Waals surface area (Å²) in [6.07, 6.45) is 1.52. The third kappa shape index (κ3) is 2.51. The van der Waals surface area contributed by atoms with Crippen LogP contribution in [-0.2, 0) is 0 Å². The van der Waals surface area contributed by atoms with Crippen molar-refractivity contribution >= 4 is 22.5 Å². The molecular formula is C18H12ClFN4O. The molecule has 124 valence electrons. The number of benzene rings is 2. The van der Waals surface area contributed by atoms with Gasteiger partial charge in [-0.3, -0.25) is 4.79 Å². The van der Waals surface area contributed by atoms with Crippen LogP contribution in [-0.4, -0.2) is 19.6 Å². The predicted molar refractivity (Wildman–Crippen MR) is 94.2 cm³/mol. The van der Waals surface area contributed by atoms with Crippen molar-refractivity contribution in [2.24, 2.45) is 0 Å². The molecule has 2 aromatic carbocycles. The molecule has 7 heteroatoms. The molecule has 0 atom stereocenters. The van der Waals surface area contributed by atoms with E-state index in [4.69, 9.17) is 11.6 Å². The van der Waals surface area contributed by atoms with Gasteiger partial charge in [0.05, 0.1) is 17.6 Å². The molecule has 0 aliphatic heterocycles. The van der Waals surface area contributed by atoms with Crippen LogP contribution in [0.25, 0.3) is 22.3 Å². The van der Waals surface area contributed by atoms with E-state index in [1.807, 2.05) is 0 Å². The van der Waals surface area contributed by atoms with Gasteiger partial charge in [0, 0.05) is 10.4 Å². The molecule has 0 N–H and O–H groups in total. The Bertz CT molecular complexity index is 1170. The summed E-state index contributed by atoms with van der Waals surface area (Å²) in [5, 5.41) is 9.61. The standard InChI is InChI=1S/C18H12ClFN4O/c1-11-14-10-21-24(16-8-3-2-7-15(16)20)17(14)18(25)23(22-11)13-6-4-5-12(19)9-13/h2-10H,1H3. The highest BCUT2D eigenvalue weighted by atomic mass is 35.5. The molecule has 2 heterocycles. The van der Waals surface area contributed by atoms with E-state index in [0.29, 0.717) is 21.8 Å². The molecule has 0 radical (unpaired) electrons. The van der Waals surface area contributed by atoms with E-state index in [0.717, 1.165) is 0 Å². The van der Waals surface area contributed by atoms with Gasteiger partial charge in [0.1, 0.15) is 17.0 Å². The largest absolute Gasteiger partial charge is 0.298 e. The minimum Gasteiger partial charge on any atom is -0.265 e. The van der Waals surface area contributed by atoms with Crippen LogP contribution in [0.3, 0.4) is 0 Å². The summed E-state index contributed by atoms with van der Waals surface area (Å²) in [5.74, 6) is -0.462. The quantitative estimate of drug-likeness (QED) is 0.552. The average molecular weight is 355 g/mol. The van der Waals surface area contributed by atoms with Crippen LogP contribution in [0.5, 0.6) is 0 Å². The smallest absolute Gasteiger partial charge is 0.265 e. The number of hydrogen-bond donors (Lipinski definition) is 0. The van der Waals surface area contributed by atoms with Gasteiger partial charge in [-0.2, -0.15) is 14.9 Å². The first-order valence-electron chi connectivity index (χ1n) is 7.55. The number of para-hydroxylation sites is 1. The van der Waals surface area contributed by atoms with Gasteiger partial charge < -0.3 is 0 Å². The van der Waals surface area contributed by atoms with Crippen molar-refractivity contribution in [2.75, 3.05) is 0 Å². The Kier molecular flexibility index (Phi) is 3.62. The zero-order chi connectivity index (χ0) is 17.6. The fourth-order valence-corrected chi connectivity index (χ4v) is 2.94. The van der Waals surface area contributed by atoms with Crippen molar-refractivity contribution < 1.29 is 4.39 Å². The number of nitrogens with zero attached hydrogens (tertiary/aromatic N) is 4. The Morgan fingerprint density at radius 3 is 2.64 bits per heavy atom. The molecule has 25 heavy (non-hydrogen) atoms. The molecule has 0 aliphatic carbocycles. The minimum absolute atomic E-state index is 0.206. The molecule has 2 aromatic heterocycles. The summed E-state index contributed by atoms with van der Waals surface area (Å²) in [7, 11) is 0. The fourth-order valence-electron chi connectivity index (χ4n) is 2.76. The SMILES string of the molecule is Cc1nn(-c2cccc(Cl)c2)c(=O)c2c1cnn2-c1ccccc1F. The van der Waals surface area contributed by atoms with Gasteiger partial charge in [0.25, 0.3) is 5.56 Å². The van der Waals surface area contributed by atoms with E-state index in [9.17, 15) is 9.18 Å². The predicted octanol–water partition coefficient (Wildman–Crippen LogP) is 3.67. The third-order valence-electron chi connectivity index (χ3n) is 3.94. The van der Waals surface area contributed by atoms with Gasteiger partial charge in [-0.15, -0.1) is 0 Å². The Hall–Kier alpha value is -2.99. The highest BCUT2D eigenvalue weighted by Gasteiger charge is 2.17. The van der Waals surface area contributed by atoms with Crippen LogP contribution in [0.4, 0.5) is 4.39 Å². The number of hydrogen-bond acceptors (Lipinski definition) is 3. The third-order valence-corrected chi connectivity index (χ3v) is 4.17. The first-order chi connectivity index (χ1) is 12.1. The zero-order valence-corrected chi connectivity index (χ0v) is 13.9. The lowest BCUT2D eigenvalue weighted by Gasteiger charge is -2.09. The van der Waals surface area contributed by atoms with E-state index >= 15 is 0 Å². The molecule has 0 amide bonds. The van der Waals surface area contributed by atoms with E-state index in [1.165, 1.54) is 21.6 Å². The van der Waals surface area contributed by atoms with Crippen LogP contribution in [0.2, 0.25) is 5.02 Å². The second-order valence-electron chi connectivity index (χ2n) is 5.55. The van der Waals surface area contributed by atoms with E-state index in [1.54, 1.807) is 49.4 Å². The molecular weight excluding hydrogens is 343 g/mol. The summed E-state index contributed by atoms with van der Waals surface area (Å²) in [6.45, 7) is 1.77. The maximum Gasteiger partial charge on any atom is 0.298 e. The van der Waals surface area contributed by atoms with E-state index in [-0.39, 0.29) is 11.2 Å². The topological polar surface area (TPSA) is 52.7 Å². The Balaban J connectivity index is 2.07. The van der Waals surface area contributed by atoms with Crippen LogP contribution < -0.4 is 5.56 Å². The van der Waals surface area contributed by atoms with Gasteiger partial charge in [0.15, 0.2) is 0 Å². The van der Waals surface area contributed by atoms with Crippen molar-refractivity contribution in [2.45, 2.75) is 6.92 Å². The van der Waals surface area contributed by atoms with Crippen molar-refractivity contribution in [1.29, 1.82) is 0 Å². The lowest BCUT2D eigenvalue weighted by atomic mass is 10.2. The number of rotatable bonds is 2. The van der Waals surface area contributed by atoms with Crippen molar-refractivity contribution in [3.63, 3.8) is 0 Å².